The van der Waals surface area contributed by atoms with E-state index in [0.29, 0.717) is 6.42 Å². The van der Waals surface area contributed by atoms with Gasteiger partial charge in [-0.3, -0.25) is 4.79 Å². The molecule has 0 aliphatic carbocycles. The van der Waals surface area contributed by atoms with E-state index in [0.717, 1.165) is 15.7 Å². The Morgan fingerprint density at radius 1 is 1.07 bits per heavy atom. The van der Waals surface area contributed by atoms with Gasteiger partial charge in [0.05, 0.1) is 13.2 Å². The fourth-order valence-corrected chi connectivity index (χ4v) is 3.23. The monoisotopic (exact) mass is 462 g/mol. The minimum atomic E-state index is -1.42. The second-order valence-electron chi connectivity index (χ2n) is 7.20. The molecule has 0 fully saturated rings. The first-order valence-corrected chi connectivity index (χ1v) is 10.2. The molecular weight excluding hydrogens is 436 g/mol. The first-order valence-electron chi connectivity index (χ1n) is 9.45. The Hall–Kier alpha value is -2.38. The van der Waals surface area contributed by atoms with Gasteiger partial charge in [-0.2, -0.15) is 0 Å². The van der Waals surface area contributed by atoms with Crippen LogP contribution >= 0.6 is 15.9 Å². The van der Waals surface area contributed by atoms with Gasteiger partial charge in [-0.25, -0.2) is 4.79 Å². The summed E-state index contributed by atoms with van der Waals surface area (Å²) in [5.74, 6) is -1.00. The topological polar surface area (TPSA) is 87.7 Å². The number of aliphatic hydroxyl groups excluding tert-OH is 1. The molecule has 156 valence electrons. The lowest BCUT2D eigenvalue weighted by Crippen LogP contribution is -2.49. The van der Waals surface area contributed by atoms with E-state index >= 15 is 0 Å². The molecular formula is C22H27BrN2O4. The zero-order valence-corrected chi connectivity index (χ0v) is 18.3. The van der Waals surface area contributed by atoms with E-state index < -0.39 is 30.1 Å². The molecule has 2 rings (SSSR count). The molecule has 0 bridgehead atoms. The quantitative estimate of drug-likeness (QED) is 0.494. The highest BCUT2D eigenvalue weighted by atomic mass is 79.9. The number of carbonyl (C=O) groups is 2. The predicted octanol–water partition coefficient (Wildman–Crippen LogP) is 3.67. The predicted molar refractivity (Wildman–Crippen MR) is 116 cm³/mol. The molecule has 0 spiro atoms. The molecule has 29 heavy (non-hydrogen) atoms. The summed E-state index contributed by atoms with van der Waals surface area (Å²) in [6, 6.07) is 15.1. The van der Waals surface area contributed by atoms with Crippen molar-refractivity contribution in [2.45, 2.75) is 38.5 Å². The average Bonchev–Trinajstić information content (AvgIpc) is 2.72. The molecule has 0 saturated carbocycles. The van der Waals surface area contributed by atoms with Gasteiger partial charge in [0.1, 0.15) is 6.04 Å². The lowest BCUT2D eigenvalue weighted by Gasteiger charge is -2.27. The lowest BCUT2D eigenvalue weighted by molar-refractivity contribution is -0.147. The summed E-state index contributed by atoms with van der Waals surface area (Å²) in [6.45, 7) is 3.89. The Balaban J connectivity index is 2.23. The van der Waals surface area contributed by atoms with Crippen molar-refractivity contribution < 1.29 is 19.4 Å². The summed E-state index contributed by atoms with van der Waals surface area (Å²) in [7, 11) is 1.28. The van der Waals surface area contributed by atoms with Gasteiger partial charge in [-0.1, -0.05) is 60.1 Å². The Morgan fingerprint density at radius 2 is 1.69 bits per heavy atom. The highest BCUT2D eigenvalue weighted by molar-refractivity contribution is 9.10. The number of rotatable bonds is 9. The number of methoxy groups -OCH3 is 1. The highest BCUT2D eigenvalue weighted by Crippen LogP contribution is 2.24. The van der Waals surface area contributed by atoms with Crippen molar-refractivity contribution in [2.75, 3.05) is 12.4 Å². The maximum absolute atomic E-state index is 12.8. The van der Waals surface area contributed by atoms with Gasteiger partial charge >= 0.3 is 5.97 Å². The Kier molecular flexibility index (Phi) is 8.67. The number of esters is 1. The molecule has 1 amide bonds. The molecule has 0 heterocycles. The second kappa shape index (κ2) is 11.0. The summed E-state index contributed by atoms with van der Waals surface area (Å²) < 4.78 is 5.71. The van der Waals surface area contributed by atoms with Crippen molar-refractivity contribution >= 4 is 33.5 Å². The number of halogens is 1. The number of carbonyl (C=O) groups excluding carboxylic acids is 2. The number of hydrogen-bond acceptors (Lipinski definition) is 5. The Bertz CT molecular complexity index is 796. The maximum atomic E-state index is 12.8. The number of nitrogens with one attached hydrogen (secondary N) is 2. The Labute approximate surface area is 179 Å². The number of anilines is 1. The maximum Gasteiger partial charge on any atom is 0.328 e. The van der Waals surface area contributed by atoms with Crippen molar-refractivity contribution in [3.8, 4) is 0 Å². The number of amides is 1. The first-order chi connectivity index (χ1) is 13.8. The normalized spacial score (nSPS) is 14.0. The standard InChI is InChI=1S/C22H27BrN2O4/c1-14(2)13-18(22(28)29-3)25-21(27)20(26)19(15-7-5-4-6-8-15)24-17-11-9-16(23)10-12-17/h4-12,14,18-20,24,26H,13H2,1-3H3,(H,25,27)/t18-,19+,20+/m0/s1. The van der Waals surface area contributed by atoms with E-state index in [2.05, 4.69) is 26.6 Å². The van der Waals surface area contributed by atoms with Crippen molar-refractivity contribution in [3.05, 3.63) is 64.6 Å². The third-order valence-corrected chi connectivity index (χ3v) is 4.95. The minimum Gasteiger partial charge on any atom is -0.467 e. The summed E-state index contributed by atoms with van der Waals surface area (Å²) in [4.78, 5) is 24.8. The zero-order chi connectivity index (χ0) is 21.4. The molecule has 0 radical (unpaired) electrons. The zero-order valence-electron chi connectivity index (χ0n) is 16.8. The molecule has 0 aromatic heterocycles. The molecule has 0 unspecified atom stereocenters. The van der Waals surface area contributed by atoms with E-state index in [1.165, 1.54) is 7.11 Å². The molecule has 7 heteroatoms. The highest BCUT2D eigenvalue weighted by Gasteiger charge is 2.31. The van der Waals surface area contributed by atoms with Crippen molar-refractivity contribution in [2.24, 2.45) is 5.92 Å². The second-order valence-corrected chi connectivity index (χ2v) is 8.11. The van der Waals surface area contributed by atoms with Gasteiger partial charge in [0, 0.05) is 10.2 Å². The van der Waals surface area contributed by atoms with Crippen LogP contribution in [0.15, 0.2) is 59.1 Å². The van der Waals surface area contributed by atoms with Gasteiger partial charge in [0.15, 0.2) is 6.10 Å². The van der Waals surface area contributed by atoms with Gasteiger partial charge in [-0.05, 0) is 42.2 Å². The van der Waals surface area contributed by atoms with Crippen LogP contribution in [0.25, 0.3) is 0 Å². The minimum absolute atomic E-state index is 0.169. The summed E-state index contributed by atoms with van der Waals surface area (Å²) >= 11 is 3.39. The van der Waals surface area contributed by atoms with E-state index in [9.17, 15) is 14.7 Å². The lowest BCUT2D eigenvalue weighted by atomic mass is 9.99. The molecule has 0 saturated heterocycles. The average molecular weight is 463 g/mol. The fraction of sp³-hybridized carbons (Fsp3) is 0.364. The molecule has 2 aromatic carbocycles. The third-order valence-electron chi connectivity index (χ3n) is 4.42. The largest absolute Gasteiger partial charge is 0.467 e. The number of aliphatic hydroxyl groups is 1. The van der Waals surface area contributed by atoms with E-state index in [1.807, 2.05) is 68.4 Å². The van der Waals surface area contributed by atoms with Gasteiger partial charge in [0.2, 0.25) is 0 Å². The third kappa shape index (κ3) is 6.87. The summed E-state index contributed by atoms with van der Waals surface area (Å²) in [6.07, 6.45) is -0.998. The number of hydrogen-bond donors (Lipinski definition) is 3. The van der Waals surface area contributed by atoms with Crippen molar-refractivity contribution in [1.29, 1.82) is 0 Å². The Morgan fingerprint density at radius 3 is 2.24 bits per heavy atom. The molecule has 0 aliphatic rings. The van der Waals surface area contributed by atoms with E-state index in [-0.39, 0.29) is 5.92 Å². The number of ether oxygens (including phenoxy) is 1. The van der Waals surface area contributed by atoms with Crippen LogP contribution in [0, 0.1) is 5.92 Å². The van der Waals surface area contributed by atoms with Gasteiger partial charge in [0.25, 0.3) is 5.91 Å². The van der Waals surface area contributed by atoms with Crippen LogP contribution in [0.3, 0.4) is 0 Å². The summed E-state index contributed by atoms with van der Waals surface area (Å²) in [5.41, 5.74) is 1.50. The fourth-order valence-electron chi connectivity index (χ4n) is 2.97. The van der Waals surface area contributed by atoms with Gasteiger partial charge < -0.3 is 20.5 Å². The van der Waals surface area contributed by atoms with Crippen LogP contribution in [-0.4, -0.2) is 36.2 Å². The molecule has 3 N–H and O–H groups in total. The van der Waals surface area contributed by atoms with E-state index in [1.54, 1.807) is 0 Å². The van der Waals surface area contributed by atoms with Crippen LogP contribution in [0.2, 0.25) is 0 Å². The first kappa shape index (κ1) is 22.9. The van der Waals surface area contributed by atoms with Crippen molar-refractivity contribution in [3.63, 3.8) is 0 Å². The smallest absolute Gasteiger partial charge is 0.328 e. The SMILES string of the molecule is COC(=O)[C@H](CC(C)C)NC(=O)[C@H](O)[C@H](Nc1ccc(Br)cc1)c1ccccc1. The van der Waals surface area contributed by atoms with Crippen LogP contribution in [0.5, 0.6) is 0 Å². The molecule has 6 nitrogen and oxygen atoms in total. The van der Waals surface area contributed by atoms with Crippen molar-refractivity contribution in [1.82, 2.24) is 5.32 Å². The van der Waals surface area contributed by atoms with Gasteiger partial charge in [-0.15, -0.1) is 0 Å². The van der Waals surface area contributed by atoms with Crippen LogP contribution < -0.4 is 10.6 Å². The van der Waals surface area contributed by atoms with Crippen LogP contribution in [0.1, 0.15) is 31.9 Å². The molecule has 2 aromatic rings. The number of benzene rings is 2. The molecule has 0 aliphatic heterocycles. The molecule has 3 atom stereocenters. The van der Waals surface area contributed by atoms with Crippen LogP contribution in [-0.2, 0) is 14.3 Å². The van der Waals surface area contributed by atoms with E-state index in [4.69, 9.17) is 4.74 Å². The summed E-state index contributed by atoms with van der Waals surface area (Å²) in [5, 5.41) is 16.7. The van der Waals surface area contributed by atoms with Crippen LogP contribution in [0.4, 0.5) is 5.69 Å².